The SMILES string of the molecule is CC(C)CCN1C(=O)C(C)(C)COc2cc(NC(=O)C(C)(C)C)ccc21. The van der Waals surface area contributed by atoms with Gasteiger partial charge >= 0.3 is 0 Å². The molecule has 0 atom stereocenters. The molecule has 0 aromatic heterocycles. The summed E-state index contributed by atoms with van der Waals surface area (Å²) in [4.78, 5) is 27.1. The van der Waals surface area contributed by atoms with Gasteiger partial charge in [0.25, 0.3) is 0 Å². The Bertz CT molecular complexity index is 687. The van der Waals surface area contributed by atoms with Gasteiger partial charge in [0.15, 0.2) is 0 Å². The molecule has 1 aliphatic rings. The van der Waals surface area contributed by atoms with Crippen LogP contribution >= 0.6 is 0 Å². The number of carbonyl (C=O) groups is 2. The Balaban J connectivity index is 2.35. The van der Waals surface area contributed by atoms with Crippen LogP contribution in [-0.2, 0) is 9.59 Å². The van der Waals surface area contributed by atoms with Gasteiger partial charge in [-0.15, -0.1) is 0 Å². The van der Waals surface area contributed by atoms with Gasteiger partial charge in [0, 0.05) is 23.7 Å². The number of ether oxygens (including phenoxy) is 1. The number of hydrogen-bond donors (Lipinski definition) is 1. The highest BCUT2D eigenvalue weighted by Crippen LogP contribution is 2.38. The van der Waals surface area contributed by atoms with Gasteiger partial charge in [0.1, 0.15) is 12.4 Å². The van der Waals surface area contributed by atoms with Crippen molar-refractivity contribution >= 4 is 23.2 Å². The Morgan fingerprint density at radius 2 is 1.96 bits per heavy atom. The molecule has 144 valence electrons. The van der Waals surface area contributed by atoms with Gasteiger partial charge in [-0.2, -0.15) is 0 Å². The Labute approximate surface area is 157 Å². The van der Waals surface area contributed by atoms with E-state index in [0.717, 1.165) is 12.1 Å². The highest BCUT2D eigenvalue weighted by atomic mass is 16.5. The van der Waals surface area contributed by atoms with Crippen molar-refractivity contribution in [3.05, 3.63) is 18.2 Å². The first-order valence-electron chi connectivity index (χ1n) is 9.32. The molecule has 0 unspecified atom stereocenters. The van der Waals surface area contributed by atoms with Crippen LogP contribution in [0.4, 0.5) is 11.4 Å². The first-order valence-corrected chi connectivity index (χ1v) is 9.32. The van der Waals surface area contributed by atoms with Crippen molar-refractivity contribution in [2.45, 2.75) is 54.9 Å². The van der Waals surface area contributed by atoms with E-state index in [0.29, 0.717) is 30.5 Å². The third kappa shape index (κ3) is 4.57. The summed E-state index contributed by atoms with van der Waals surface area (Å²) in [5.74, 6) is 1.16. The second kappa shape index (κ2) is 7.29. The molecule has 0 spiro atoms. The van der Waals surface area contributed by atoms with E-state index in [2.05, 4.69) is 19.2 Å². The molecule has 0 radical (unpaired) electrons. The maximum Gasteiger partial charge on any atom is 0.236 e. The first kappa shape index (κ1) is 20.3. The molecule has 0 bridgehead atoms. The molecule has 1 heterocycles. The molecule has 1 N–H and O–H groups in total. The number of benzene rings is 1. The number of nitrogens with one attached hydrogen (secondary N) is 1. The van der Waals surface area contributed by atoms with E-state index < -0.39 is 10.8 Å². The van der Waals surface area contributed by atoms with Crippen molar-refractivity contribution in [2.24, 2.45) is 16.7 Å². The molecule has 1 aromatic carbocycles. The van der Waals surface area contributed by atoms with E-state index in [1.807, 2.05) is 57.7 Å². The summed E-state index contributed by atoms with van der Waals surface area (Å²) in [6.07, 6.45) is 0.920. The topological polar surface area (TPSA) is 58.6 Å². The number of fused-ring (bicyclic) bond motifs is 1. The van der Waals surface area contributed by atoms with Gasteiger partial charge in [-0.25, -0.2) is 0 Å². The number of anilines is 2. The highest BCUT2D eigenvalue weighted by Gasteiger charge is 2.37. The molecule has 0 aliphatic carbocycles. The van der Waals surface area contributed by atoms with Gasteiger partial charge in [0.05, 0.1) is 11.1 Å². The second-order valence-electron chi connectivity index (χ2n) is 9.20. The normalized spacial score (nSPS) is 16.8. The lowest BCUT2D eigenvalue weighted by molar-refractivity contribution is -0.127. The number of rotatable bonds is 4. The fourth-order valence-electron chi connectivity index (χ4n) is 2.65. The van der Waals surface area contributed by atoms with Crippen LogP contribution in [0.15, 0.2) is 18.2 Å². The monoisotopic (exact) mass is 360 g/mol. The second-order valence-corrected chi connectivity index (χ2v) is 9.20. The molecule has 0 fully saturated rings. The van der Waals surface area contributed by atoms with Crippen LogP contribution in [-0.4, -0.2) is 25.0 Å². The molecule has 2 rings (SSSR count). The Hall–Kier alpha value is -2.04. The summed E-state index contributed by atoms with van der Waals surface area (Å²) in [5.41, 5.74) is 0.384. The van der Waals surface area contributed by atoms with Crippen molar-refractivity contribution in [3.63, 3.8) is 0 Å². The van der Waals surface area contributed by atoms with Gasteiger partial charge in [-0.3, -0.25) is 9.59 Å². The third-order valence-corrected chi connectivity index (χ3v) is 4.53. The molecule has 0 saturated heterocycles. The lowest BCUT2D eigenvalue weighted by Crippen LogP contribution is -2.42. The zero-order chi connectivity index (χ0) is 19.7. The van der Waals surface area contributed by atoms with E-state index in [9.17, 15) is 9.59 Å². The number of hydrogen-bond acceptors (Lipinski definition) is 3. The van der Waals surface area contributed by atoms with E-state index in [4.69, 9.17) is 4.74 Å². The summed E-state index contributed by atoms with van der Waals surface area (Å²) < 4.78 is 5.97. The minimum absolute atomic E-state index is 0.0563. The molecule has 26 heavy (non-hydrogen) atoms. The number of amides is 2. The fraction of sp³-hybridized carbons (Fsp3) is 0.619. The van der Waals surface area contributed by atoms with Crippen molar-refractivity contribution in [1.29, 1.82) is 0 Å². The van der Waals surface area contributed by atoms with Crippen LogP contribution < -0.4 is 15.0 Å². The molecular weight excluding hydrogens is 328 g/mol. The smallest absolute Gasteiger partial charge is 0.236 e. The third-order valence-electron chi connectivity index (χ3n) is 4.53. The fourth-order valence-corrected chi connectivity index (χ4v) is 2.65. The Morgan fingerprint density at radius 1 is 1.31 bits per heavy atom. The average Bonchev–Trinajstić information content (AvgIpc) is 2.61. The maximum atomic E-state index is 13.0. The Morgan fingerprint density at radius 3 is 2.54 bits per heavy atom. The van der Waals surface area contributed by atoms with E-state index in [1.54, 1.807) is 0 Å². The summed E-state index contributed by atoms with van der Waals surface area (Å²) in [5, 5.41) is 2.93. The van der Waals surface area contributed by atoms with E-state index in [1.165, 1.54) is 0 Å². The molecule has 5 heteroatoms. The molecule has 2 amide bonds. The standard InChI is InChI=1S/C21H32N2O3/c1-14(2)10-11-23-16-9-8-15(22-18(24)20(3,4)5)12-17(16)26-13-21(6,7)19(23)25/h8-9,12,14H,10-11,13H2,1-7H3,(H,22,24). The number of nitrogens with zero attached hydrogens (tertiary/aromatic N) is 1. The summed E-state index contributed by atoms with van der Waals surface area (Å²) >= 11 is 0. The summed E-state index contributed by atoms with van der Waals surface area (Å²) in [6.45, 7) is 14.7. The summed E-state index contributed by atoms with van der Waals surface area (Å²) in [7, 11) is 0. The minimum Gasteiger partial charge on any atom is -0.490 e. The largest absolute Gasteiger partial charge is 0.490 e. The molecule has 1 aromatic rings. The van der Waals surface area contributed by atoms with Crippen molar-refractivity contribution < 1.29 is 14.3 Å². The maximum absolute atomic E-state index is 13.0. The molecular formula is C21H32N2O3. The van der Waals surface area contributed by atoms with Crippen LogP contribution in [0.1, 0.15) is 54.9 Å². The Kier molecular flexibility index (Phi) is 5.69. The predicted molar refractivity (Wildman–Crippen MR) is 106 cm³/mol. The van der Waals surface area contributed by atoms with Gasteiger partial charge < -0.3 is 15.0 Å². The van der Waals surface area contributed by atoms with Gasteiger partial charge in [-0.1, -0.05) is 34.6 Å². The van der Waals surface area contributed by atoms with E-state index >= 15 is 0 Å². The average molecular weight is 360 g/mol. The lowest BCUT2D eigenvalue weighted by atomic mass is 9.92. The van der Waals surface area contributed by atoms with Crippen LogP contribution in [0, 0.1) is 16.7 Å². The van der Waals surface area contributed by atoms with Crippen molar-refractivity contribution in [1.82, 2.24) is 0 Å². The van der Waals surface area contributed by atoms with Crippen LogP contribution in [0.5, 0.6) is 5.75 Å². The van der Waals surface area contributed by atoms with Gasteiger partial charge in [-0.05, 0) is 38.3 Å². The zero-order valence-electron chi connectivity index (χ0n) is 17.1. The predicted octanol–water partition coefficient (Wildman–Crippen LogP) is 4.47. The van der Waals surface area contributed by atoms with Crippen LogP contribution in [0.2, 0.25) is 0 Å². The zero-order valence-corrected chi connectivity index (χ0v) is 17.1. The minimum atomic E-state index is -0.592. The molecule has 5 nitrogen and oxygen atoms in total. The quantitative estimate of drug-likeness (QED) is 0.862. The highest BCUT2D eigenvalue weighted by molar-refractivity contribution is 6.00. The number of carbonyl (C=O) groups excluding carboxylic acids is 2. The van der Waals surface area contributed by atoms with Gasteiger partial charge in [0.2, 0.25) is 11.8 Å². The summed E-state index contributed by atoms with van der Waals surface area (Å²) in [6, 6.07) is 5.52. The lowest BCUT2D eigenvalue weighted by Gasteiger charge is -2.28. The molecule has 1 aliphatic heterocycles. The van der Waals surface area contributed by atoms with Crippen LogP contribution in [0.25, 0.3) is 0 Å². The van der Waals surface area contributed by atoms with Crippen molar-refractivity contribution in [2.75, 3.05) is 23.4 Å². The first-order chi connectivity index (χ1) is 11.9. The molecule has 0 saturated carbocycles. The van der Waals surface area contributed by atoms with Crippen molar-refractivity contribution in [3.8, 4) is 5.75 Å². The van der Waals surface area contributed by atoms with E-state index in [-0.39, 0.29) is 11.8 Å². The van der Waals surface area contributed by atoms with Crippen LogP contribution in [0.3, 0.4) is 0 Å².